The van der Waals surface area contributed by atoms with Gasteiger partial charge in [-0.1, -0.05) is 6.07 Å². The Morgan fingerprint density at radius 1 is 1.59 bits per heavy atom. The zero-order chi connectivity index (χ0) is 12.3. The normalized spacial score (nSPS) is 22.6. The van der Waals surface area contributed by atoms with E-state index in [1.165, 1.54) is 12.0 Å². The minimum atomic E-state index is 0.300. The molecule has 0 aromatic carbocycles. The molecule has 4 nitrogen and oxygen atoms in total. The van der Waals surface area contributed by atoms with Crippen LogP contribution in [0.2, 0.25) is 0 Å². The first-order chi connectivity index (χ1) is 8.19. The Labute approximate surface area is 103 Å². The van der Waals surface area contributed by atoms with Crippen LogP contribution in [-0.4, -0.2) is 36.1 Å². The average Bonchev–Trinajstić information content (AvgIpc) is 2.79. The van der Waals surface area contributed by atoms with Gasteiger partial charge in [-0.05, 0) is 31.4 Å². The molecule has 1 aromatic heterocycles. The van der Waals surface area contributed by atoms with Gasteiger partial charge in [-0.25, -0.2) is 4.98 Å². The van der Waals surface area contributed by atoms with Crippen molar-refractivity contribution in [1.29, 1.82) is 0 Å². The summed E-state index contributed by atoms with van der Waals surface area (Å²) in [4.78, 5) is 6.66. The molecule has 2 unspecified atom stereocenters. The van der Waals surface area contributed by atoms with Crippen LogP contribution in [0.25, 0.3) is 0 Å². The van der Waals surface area contributed by atoms with Crippen LogP contribution in [0, 0.1) is 5.92 Å². The summed E-state index contributed by atoms with van der Waals surface area (Å²) in [6, 6.07) is 4.29. The summed E-state index contributed by atoms with van der Waals surface area (Å²) < 4.78 is 5.05. The van der Waals surface area contributed by atoms with E-state index in [1.54, 1.807) is 7.11 Å². The third-order valence-corrected chi connectivity index (χ3v) is 3.47. The lowest BCUT2D eigenvalue weighted by atomic mass is 10.0. The van der Waals surface area contributed by atoms with Crippen LogP contribution < -0.4 is 10.5 Å². The molecule has 1 aliphatic rings. The van der Waals surface area contributed by atoms with E-state index in [4.69, 9.17) is 10.5 Å². The van der Waals surface area contributed by atoms with E-state index in [0.29, 0.717) is 17.8 Å². The first-order valence-electron chi connectivity index (χ1n) is 6.16. The van der Waals surface area contributed by atoms with Crippen LogP contribution in [-0.2, 0) is 6.54 Å². The molecule has 1 fully saturated rings. The Morgan fingerprint density at radius 3 is 2.94 bits per heavy atom. The number of hydrogen-bond donors (Lipinski definition) is 1. The number of ether oxygens (including phenoxy) is 1. The van der Waals surface area contributed by atoms with Crippen molar-refractivity contribution in [2.24, 2.45) is 11.7 Å². The van der Waals surface area contributed by atoms with Gasteiger partial charge in [0.25, 0.3) is 0 Å². The van der Waals surface area contributed by atoms with E-state index in [2.05, 4.69) is 22.9 Å². The summed E-state index contributed by atoms with van der Waals surface area (Å²) in [6.45, 7) is 5.30. The standard InChI is InChI=1S/C13H21N3O/c1-10(14)12-5-6-16(9-12)8-11-3-4-13(17-2)15-7-11/h3-4,7,10,12H,5-6,8-9,14H2,1-2H3. The van der Waals surface area contributed by atoms with E-state index in [-0.39, 0.29) is 0 Å². The van der Waals surface area contributed by atoms with E-state index < -0.39 is 0 Å². The number of nitrogens with two attached hydrogens (primary N) is 1. The second-order valence-corrected chi connectivity index (χ2v) is 4.85. The summed E-state index contributed by atoms with van der Waals surface area (Å²) in [5, 5.41) is 0. The minimum absolute atomic E-state index is 0.300. The maximum atomic E-state index is 5.94. The molecule has 1 aliphatic heterocycles. The van der Waals surface area contributed by atoms with Gasteiger partial charge in [0.1, 0.15) is 0 Å². The summed E-state index contributed by atoms with van der Waals surface area (Å²) >= 11 is 0. The number of pyridine rings is 1. The summed E-state index contributed by atoms with van der Waals surface area (Å²) in [5.74, 6) is 1.31. The summed E-state index contributed by atoms with van der Waals surface area (Å²) in [7, 11) is 1.63. The molecule has 2 N–H and O–H groups in total. The van der Waals surface area contributed by atoms with Gasteiger partial charge < -0.3 is 10.5 Å². The van der Waals surface area contributed by atoms with Crippen LogP contribution in [0.1, 0.15) is 18.9 Å². The fourth-order valence-electron chi connectivity index (χ4n) is 2.32. The van der Waals surface area contributed by atoms with E-state index in [0.717, 1.165) is 19.6 Å². The van der Waals surface area contributed by atoms with Crippen molar-refractivity contribution in [2.75, 3.05) is 20.2 Å². The molecule has 1 aromatic rings. The van der Waals surface area contributed by atoms with Gasteiger partial charge in [0.15, 0.2) is 0 Å². The molecule has 94 valence electrons. The zero-order valence-corrected chi connectivity index (χ0v) is 10.6. The van der Waals surface area contributed by atoms with Crippen LogP contribution in [0.5, 0.6) is 5.88 Å². The van der Waals surface area contributed by atoms with Crippen molar-refractivity contribution in [3.05, 3.63) is 23.9 Å². The second kappa shape index (κ2) is 5.47. The number of rotatable bonds is 4. The highest BCUT2D eigenvalue weighted by Crippen LogP contribution is 2.20. The number of methoxy groups -OCH3 is 1. The summed E-state index contributed by atoms with van der Waals surface area (Å²) in [6.07, 6.45) is 3.10. The fourth-order valence-corrected chi connectivity index (χ4v) is 2.32. The smallest absolute Gasteiger partial charge is 0.212 e. The lowest BCUT2D eigenvalue weighted by Gasteiger charge is -2.17. The SMILES string of the molecule is COc1ccc(CN2CCC(C(C)N)C2)cn1. The first kappa shape index (κ1) is 12.3. The molecular formula is C13H21N3O. The van der Waals surface area contributed by atoms with Crippen molar-refractivity contribution in [1.82, 2.24) is 9.88 Å². The van der Waals surface area contributed by atoms with Crippen molar-refractivity contribution < 1.29 is 4.74 Å². The molecule has 2 rings (SSSR count). The monoisotopic (exact) mass is 235 g/mol. The number of nitrogens with zero attached hydrogens (tertiary/aromatic N) is 2. The van der Waals surface area contributed by atoms with Gasteiger partial charge >= 0.3 is 0 Å². The quantitative estimate of drug-likeness (QED) is 0.853. The van der Waals surface area contributed by atoms with E-state index in [1.807, 2.05) is 12.3 Å². The Kier molecular flexibility index (Phi) is 3.97. The number of aromatic nitrogens is 1. The van der Waals surface area contributed by atoms with Crippen LogP contribution >= 0.6 is 0 Å². The maximum absolute atomic E-state index is 5.94. The zero-order valence-electron chi connectivity index (χ0n) is 10.6. The molecule has 0 spiro atoms. The van der Waals surface area contributed by atoms with E-state index in [9.17, 15) is 0 Å². The van der Waals surface area contributed by atoms with E-state index >= 15 is 0 Å². The van der Waals surface area contributed by atoms with Crippen molar-refractivity contribution >= 4 is 0 Å². The highest BCUT2D eigenvalue weighted by Gasteiger charge is 2.24. The third-order valence-electron chi connectivity index (χ3n) is 3.47. The molecule has 4 heteroatoms. The number of hydrogen-bond acceptors (Lipinski definition) is 4. The van der Waals surface area contributed by atoms with Crippen molar-refractivity contribution in [2.45, 2.75) is 25.9 Å². The lowest BCUT2D eigenvalue weighted by Crippen LogP contribution is -2.29. The molecular weight excluding hydrogens is 214 g/mol. The second-order valence-electron chi connectivity index (χ2n) is 4.85. The van der Waals surface area contributed by atoms with Gasteiger partial charge in [0.05, 0.1) is 7.11 Å². The molecule has 0 amide bonds. The van der Waals surface area contributed by atoms with Gasteiger partial charge in [0.2, 0.25) is 5.88 Å². The van der Waals surface area contributed by atoms with Crippen LogP contribution in [0.4, 0.5) is 0 Å². The van der Waals surface area contributed by atoms with Gasteiger partial charge in [0, 0.05) is 31.4 Å². The number of likely N-dealkylation sites (tertiary alicyclic amines) is 1. The van der Waals surface area contributed by atoms with Crippen LogP contribution in [0.3, 0.4) is 0 Å². The minimum Gasteiger partial charge on any atom is -0.481 e. The van der Waals surface area contributed by atoms with Crippen LogP contribution in [0.15, 0.2) is 18.3 Å². The van der Waals surface area contributed by atoms with Gasteiger partial charge in [-0.3, -0.25) is 4.90 Å². The molecule has 0 aliphatic carbocycles. The fraction of sp³-hybridized carbons (Fsp3) is 0.615. The summed E-state index contributed by atoms with van der Waals surface area (Å²) in [5.41, 5.74) is 7.17. The largest absolute Gasteiger partial charge is 0.481 e. The first-order valence-corrected chi connectivity index (χ1v) is 6.16. The Bertz CT molecular complexity index is 350. The highest BCUT2D eigenvalue weighted by molar-refractivity contribution is 5.17. The van der Waals surface area contributed by atoms with Crippen molar-refractivity contribution in [3.63, 3.8) is 0 Å². The molecule has 0 radical (unpaired) electrons. The maximum Gasteiger partial charge on any atom is 0.212 e. The third kappa shape index (κ3) is 3.17. The highest BCUT2D eigenvalue weighted by atomic mass is 16.5. The Hall–Kier alpha value is -1.13. The molecule has 1 saturated heterocycles. The van der Waals surface area contributed by atoms with Gasteiger partial charge in [-0.2, -0.15) is 0 Å². The van der Waals surface area contributed by atoms with Crippen molar-refractivity contribution in [3.8, 4) is 5.88 Å². The Morgan fingerprint density at radius 2 is 2.41 bits per heavy atom. The molecule has 0 saturated carbocycles. The molecule has 0 bridgehead atoms. The molecule has 2 atom stereocenters. The van der Waals surface area contributed by atoms with Gasteiger partial charge in [-0.15, -0.1) is 0 Å². The topological polar surface area (TPSA) is 51.4 Å². The lowest BCUT2D eigenvalue weighted by molar-refractivity contribution is 0.307. The predicted molar refractivity (Wildman–Crippen MR) is 67.8 cm³/mol. The molecule has 17 heavy (non-hydrogen) atoms. The predicted octanol–water partition coefficient (Wildman–Crippen LogP) is 1.26. The molecule has 2 heterocycles. The Balaban J connectivity index is 1.89. The average molecular weight is 235 g/mol.